The van der Waals surface area contributed by atoms with Gasteiger partial charge in [0.15, 0.2) is 11.6 Å². The number of thioether (sulfide) groups is 1. The molecule has 0 radical (unpaired) electrons. The quantitative estimate of drug-likeness (QED) is 0.371. The number of rotatable bonds is 5. The van der Waals surface area contributed by atoms with Crippen molar-refractivity contribution in [3.63, 3.8) is 0 Å². The van der Waals surface area contributed by atoms with Gasteiger partial charge in [0.25, 0.3) is 0 Å². The van der Waals surface area contributed by atoms with Gasteiger partial charge in [0.2, 0.25) is 5.16 Å². The summed E-state index contributed by atoms with van der Waals surface area (Å²) in [6.45, 7) is 3.87. The summed E-state index contributed by atoms with van der Waals surface area (Å²) in [7, 11) is 0. The van der Waals surface area contributed by atoms with Crippen LogP contribution in [0.25, 0.3) is 0 Å². The molecule has 2 aromatic rings. The van der Waals surface area contributed by atoms with Gasteiger partial charge in [-0.2, -0.15) is 9.78 Å². The smallest absolute Gasteiger partial charge is 0.311 e. The highest BCUT2D eigenvalue weighted by atomic mass is 32.2. The fourth-order valence-electron chi connectivity index (χ4n) is 1.82. The molecule has 0 saturated heterocycles. The van der Waals surface area contributed by atoms with Gasteiger partial charge < -0.3 is 10.2 Å². The molecule has 122 valence electrons. The molecule has 23 heavy (non-hydrogen) atoms. The minimum Gasteiger partial charge on any atom is -0.507 e. The van der Waals surface area contributed by atoms with Crippen molar-refractivity contribution in [1.82, 2.24) is 14.9 Å². The molecule has 1 aromatic heterocycles. The van der Waals surface area contributed by atoms with Crippen LogP contribution in [0.4, 0.5) is 5.69 Å². The lowest BCUT2D eigenvalue weighted by Gasteiger charge is -2.06. The SMILES string of the molecule is CSc1nnc(C(C)C)n1/N=C\c1cc([N+](=O)[O-])c(O)cc1O. The van der Waals surface area contributed by atoms with Gasteiger partial charge in [0.1, 0.15) is 5.75 Å². The molecule has 0 fully saturated rings. The first kappa shape index (κ1) is 16.7. The Balaban J connectivity index is 2.47. The number of aromatic nitrogens is 3. The van der Waals surface area contributed by atoms with Crippen molar-refractivity contribution in [1.29, 1.82) is 0 Å². The number of hydrogen-bond acceptors (Lipinski definition) is 8. The van der Waals surface area contributed by atoms with Crippen LogP contribution in [0.2, 0.25) is 0 Å². The Bertz CT molecular complexity index is 772. The molecule has 1 heterocycles. The predicted octanol–water partition coefficient (Wildman–Crippen LogP) is 2.33. The zero-order valence-electron chi connectivity index (χ0n) is 12.7. The first-order chi connectivity index (χ1) is 10.8. The number of phenolic OH excluding ortho intramolecular Hbond substituents is 2. The average Bonchev–Trinajstić information content (AvgIpc) is 2.89. The maximum atomic E-state index is 10.9. The van der Waals surface area contributed by atoms with Crippen LogP contribution in [-0.2, 0) is 0 Å². The van der Waals surface area contributed by atoms with Crippen molar-refractivity contribution < 1.29 is 15.1 Å². The fourth-order valence-corrected chi connectivity index (χ4v) is 2.26. The number of nitro benzene ring substituents is 1. The number of aromatic hydroxyl groups is 2. The van der Waals surface area contributed by atoms with Crippen molar-refractivity contribution in [2.45, 2.75) is 24.9 Å². The maximum Gasteiger partial charge on any atom is 0.311 e. The summed E-state index contributed by atoms with van der Waals surface area (Å²) in [4.78, 5) is 10.1. The van der Waals surface area contributed by atoms with Gasteiger partial charge >= 0.3 is 5.69 Å². The molecule has 10 heteroatoms. The van der Waals surface area contributed by atoms with Crippen LogP contribution in [0, 0.1) is 10.1 Å². The van der Waals surface area contributed by atoms with Crippen LogP contribution >= 0.6 is 11.8 Å². The molecule has 0 bridgehead atoms. The molecular formula is C13H15N5O4S. The van der Waals surface area contributed by atoms with E-state index in [0.717, 1.165) is 12.1 Å². The molecule has 0 aliphatic rings. The first-order valence-corrected chi connectivity index (χ1v) is 7.81. The lowest BCUT2D eigenvalue weighted by atomic mass is 10.2. The lowest BCUT2D eigenvalue weighted by molar-refractivity contribution is -0.385. The molecule has 9 nitrogen and oxygen atoms in total. The topological polar surface area (TPSA) is 127 Å². The van der Waals surface area contributed by atoms with Gasteiger partial charge in [0, 0.05) is 23.6 Å². The second-order valence-electron chi connectivity index (χ2n) is 4.91. The van der Waals surface area contributed by atoms with Crippen LogP contribution in [0.5, 0.6) is 11.5 Å². The van der Waals surface area contributed by atoms with Crippen molar-refractivity contribution in [2.24, 2.45) is 5.10 Å². The molecule has 0 aliphatic carbocycles. The minimum atomic E-state index is -0.738. The monoisotopic (exact) mass is 337 g/mol. The molecule has 2 N–H and O–H groups in total. The van der Waals surface area contributed by atoms with E-state index < -0.39 is 16.4 Å². The number of nitro groups is 1. The zero-order valence-corrected chi connectivity index (χ0v) is 13.5. The summed E-state index contributed by atoms with van der Waals surface area (Å²) >= 11 is 1.35. The van der Waals surface area contributed by atoms with E-state index in [1.165, 1.54) is 22.7 Å². The summed E-state index contributed by atoms with van der Waals surface area (Å²) in [5.74, 6) is -0.231. The highest BCUT2D eigenvalue weighted by Crippen LogP contribution is 2.32. The third-order valence-corrected chi connectivity index (χ3v) is 3.59. The molecule has 0 amide bonds. The molecule has 0 aliphatic heterocycles. The Morgan fingerprint density at radius 3 is 2.61 bits per heavy atom. The summed E-state index contributed by atoms with van der Waals surface area (Å²) < 4.78 is 1.51. The van der Waals surface area contributed by atoms with Crippen LogP contribution in [0.1, 0.15) is 31.2 Å². The second-order valence-corrected chi connectivity index (χ2v) is 5.69. The average molecular weight is 337 g/mol. The van der Waals surface area contributed by atoms with E-state index in [2.05, 4.69) is 15.3 Å². The van der Waals surface area contributed by atoms with Gasteiger partial charge in [-0.3, -0.25) is 10.1 Å². The summed E-state index contributed by atoms with van der Waals surface area (Å²) in [6, 6.07) is 1.96. The standard InChI is InChI=1S/C13H15N5O4S/c1-7(2)12-15-16-13(23-3)17(12)14-6-8-4-9(18(21)22)11(20)5-10(8)19/h4-7,19-20H,1-3H3/b14-6-. The van der Waals surface area contributed by atoms with E-state index in [0.29, 0.717) is 11.0 Å². The van der Waals surface area contributed by atoms with Gasteiger partial charge in [-0.15, -0.1) is 10.2 Å². The third-order valence-electron chi connectivity index (χ3n) is 2.97. The van der Waals surface area contributed by atoms with Crippen LogP contribution < -0.4 is 0 Å². The van der Waals surface area contributed by atoms with E-state index in [4.69, 9.17) is 0 Å². The van der Waals surface area contributed by atoms with Gasteiger partial charge in [-0.1, -0.05) is 25.6 Å². The Morgan fingerprint density at radius 2 is 2.04 bits per heavy atom. The van der Waals surface area contributed by atoms with Crippen LogP contribution in [0.15, 0.2) is 22.4 Å². The highest BCUT2D eigenvalue weighted by molar-refractivity contribution is 7.98. The van der Waals surface area contributed by atoms with Crippen LogP contribution in [-0.4, -0.2) is 42.5 Å². The van der Waals surface area contributed by atoms with E-state index in [1.54, 1.807) is 0 Å². The van der Waals surface area contributed by atoms with Gasteiger partial charge in [-0.05, 0) is 6.26 Å². The Hall–Kier alpha value is -2.62. The van der Waals surface area contributed by atoms with E-state index in [9.17, 15) is 20.3 Å². The van der Waals surface area contributed by atoms with Crippen molar-refractivity contribution >= 4 is 23.7 Å². The molecule has 2 rings (SSSR count). The highest BCUT2D eigenvalue weighted by Gasteiger charge is 2.17. The largest absolute Gasteiger partial charge is 0.507 e. The number of phenols is 2. The molecule has 0 atom stereocenters. The van der Waals surface area contributed by atoms with E-state index in [1.807, 2.05) is 20.1 Å². The Morgan fingerprint density at radius 1 is 1.35 bits per heavy atom. The fraction of sp³-hybridized carbons (Fsp3) is 0.308. The first-order valence-electron chi connectivity index (χ1n) is 6.59. The maximum absolute atomic E-state index is 10.9. The van der Waals surface area contributed by atoms with Crippen molar-refractivity contribution in [3.8, 4) is 11.5 Å². The van der Waals surface area contributed by atoms with Crippen LogP contribution in [0.3, 0.4) is 0 Å². The van der Waals surface area contributed by atoms with Crippen molar-refractivity contribution in [2.75, 3.05) is 6.26 Å². The molecule has 1 aromatic carbocycles. The minimum absolute atomic E-state index is 0.0725. The summed E-state index contributed by atoms with van der Waals surface area (Å²) in [5, 5.41) is 42.9. The normalized spacial score (nSPS) is 11.5. The zero-order chi connectivity index (χ0) is 17.1. The van der Waals surface area contributed by atoms with Crippen molar-refractivity contribution in [3.05, 3.63) is 33.6 Å². The number of hydrogen-bond donors (Lipinski definition) is 2. The number of nitrogens with zero attached hydrogens (tertiary/aromatic N) is 5. The van der Waals surface area contributed by atoms with E-state index >= 15 is 0 Å². The molecule has 0 unspecified atom stereocenters. The van der Waals surface area contributed by atoms with Gasteiger partial charge in [-0.25, -0.2) is 0 Å². The molecule has 0 spiro atoms. The molecule has 0 saturated carbocycles. The number of benzene rings is 1. The predicted molar refractivity (Wildman–Crippen MR) is 85.3 cm³/mol. The van der Waals surface area contributed by atoms with E-state index in [-0.39, 0.29) is 17.2 Å². The summed E-state index contributed by atoms with van der Waals surface area (Å²) in [6.07, 6.45) is 3.08. The Labute approximate surface area is 135 Å². The van der Waals surface area contributed by atoms with Gasteiger partial charge in [0.05, 0.1) is 11.1 Å². The lowest BCUT2D eigenvalue weighted by Crippen LogP contribution is -2.02. The third kappa shape index (κ3) is 3.42. The summed E-state index contributed by atoms with van der Waals surface area (Å²) in [5.41, 5.74) is -0.410. The molecular weight excluding hydrogens is 322 g/mol. The second kappa shape index (κ2) is 6.65. The Kier molecular flexibility index (Phi) is 4.84.